The van der Waals surface area contributed by atoms with E-state index in [1.165, 1.54) is 12.1 Å². The van der Waals surface area contributed by atoms with Gasteiger partial charge in [0, 0.05) is 42.0 Å². The van der Waals surface area contributed by atoms with Crippen molar-refractivity contribution < 1.29 is 18.4 Å². The molecule has 192 valence electrons. The summed E-state index contributed by atoms with van der Waals surface area (Å²) >= 11 is 0. The van der Waals surface area contributed by atoms with E-state index in [-0.39, 0.29) is 28.8 Å². The zero-order chi connectivity index (χ0) is 26.7. The molecule has 0 aliphatic carbocycles. The third-order valence-corrected chi connectivity index (χ3v) is 6.84. The van der Waals surface area contributed by atoms with Gasteiger partial charge in [0.05, 0.1) is 5.69 Å². The molecule has 1 saturated heterocycles. The molecule has 5 rings (SSSR count). The van der Waals surface area contributed by atoms with E-state index in [1.54, 1.807) is 41.8 Å². The summed E-state index contributed by atoms with van der Waals surface area (Å²) in [5.74, 6) is -0.260. The van der Waals surface area contributed by atoms with Gasteiger partial charge in [-0.3, -0.25) is 19.6 Å². The van der Waals surface area contributed by atoms with Crippen LogP contribution in [-0.4, -0.2) is 50.5 Å². The van der Waals surface area contributed by atoms with E-state index in [1.807, 2.05) is 19.1 Å². The number of pyridine rings is 1. The number of carbonyl (C=O) groups excluding carboxylic acids is 2. The molecule has 3 aromatic heterocycles. The third kappa shape index (κ3) is 4.28. The Labute approximate surface area is 214 Å². The van der Waals surface area contributed by atoms with Gasteiger partial charge in [0.15, 0.2) is 17.2 Å². The minimum absolute atomic E-state index is 0.120. The third-order valence-electron chi connectivity index (χ3n) is 6.84. The van der Waals surface area contributed by atoms with E-state index < -0.39 is 5.54 Å². The summed E-state index contributed by atoms with van der Waals surface area (Å²) in [5, 5.41) is 7.07. The summed E-state index contributed by atoms with van der Waals surface area (Å²) in [5.41, 5.74) is 2.79. The Morgan fingerprint density at radius 2 is 1.81 bits per heavy atom. The van der Waals surface area contributed by atoms with Crippen molar-refractivity contribution in [2.24, 2.45) is 0 Å². The number of aryl methyl sites for hydroxylation is 1. The Kier molecular flexibility index (Phi) is 5.69. The van der Waals surface area contributed by atoms with Crippen molar-refractivity contribution >= 4 is 28.7 Å². The van der Waals surface area contributed by atoms with E-state index in [0.29, 0.717) is 35.7 Å². The van der Waals surface area contributed by atoms with E-state index in [4.69, 9.17) is 9.40 Å². The zero-order valence-corrected chi connectivity index (χ0v) is 21.8. The van der Waals surface area contributed by atoms with Crippen molar-refractivity contribution in [1.82, 2.24) is 20.1 Å². The van der Waals surface area contributed by atoms with Crippen LogP contribution < -0.4 is 4.90 Å². The number of rotatable bonds is 3. The first-order valence-corrected chi connectivity index (χ1v) is 12.2. The standard InChI is InChI=1S/C28H30FN5O3/c1-16-13-23(32-31-16)33-11-12-34(28(5,6)26(33)36)25(35)22-15-21-24(37-22)19(27(2,3)4)14-20(30-21)17-7-9-18(29)10-8-17/h7-10,13-15H,11-12H2,1-6H3,(H,31,32). The van der Waals surface area contributed by atoms with Crippen LogP contribution in [0, 0.1) is 12.7 Å². The van der Waals surface area contributed by atoms with Gasteiger partial charge in [-0.2, -0.15) is 5.10 Å². The lowest BCUT2D eigenvalue weighted by atomic mass is 9.86. The van der Waals surface area contributed by atoms with Gasteiger partial charge in [0.1, 0.15) is 16.9 Å². The summed E-state index contributed by atoms with van der Waals surface area (Å²) in [6.07, 6.45) is 0. The van der Waals surface area contributed by atoms with Crippen molar-refractivity contribution in [2.75, 3.05) is 18.0 Å². The largest absolute Gasteiger partial charge is 0.449 e. The summed E-state index contributed by atoms with van der Waals surface area (Å²) in [6, 6.07) is 11.5. The van der Waals surface area contributed by atoms with Crippen LogP contribution in [0.2, 0.25) is 0 Å². The van der Waals surface area contributed by atoms with Gasteiger partial charge in [0.2, 0.25) is 0 Å². The number of fused-ring (bicyclic) bond motifs is 1. The van der Waals surface area contributed by atoms with E-state index in [9.17, 15) is 14.0 Å². The summed E-state index contributed by atoms with van der Waals surface area (Å²) in [6.45, 7) is 12.1. The first kappa shape index (κ1) is 24.7. The molecule has 1 fully saturated rings. The second-order valence-electron chi connectivity index (χ2n) is 11.0. The predicted molar refractivity (Wildman–Crippen MR) is 139 cm³/mol. The maximum Gasteiger partial charge on any atom is 0.290 e. The summed E-state index contributed by atoms with van der Waals surface area (Å²) in [4.78, 5) is 35.0. The van der Waals surface area contributed by atoms with Crippen LogP contribution in [0.4, 0.5) is 10.2 Å². The number of piperazine rings is 1. The number of amides is 2. The van der Waals surface area contributed by atoms with Gasteiger partial charge >= 0.3 is 0 Å². The molecular weight excluding hydrogens is 473 g/mol. The second-order valence-corrected chi connectivity index (χ2v) is 11.0. The van der Waals surface area contributed by atoms with Crippen LogP contribution in [-0.2, 0) is 10.2 Å². The molecule has 0 atom stereocenters. The van der Waals surface area contributed by atoms with Crippen LogP contribution in [0.1, 0.15) is 56.4 Å². The number of furan rings is 1. The second kappa shape index (κ2) is 8.54. The summed E-state index contributed by atoms with van der Waals surface area (Å²) in [7, 11) is 0. The fraction of sp³-hybridized carbons (Fsp3) is 0.357. The topological polar surface area (TPSA) is 95.3 Å². The maximum atomic E-state index is 13.7. The number of hydrogen-bond acceptors (Lipinski definition) is 5. The molecule has 0 spiro atoms. The molecule has 8 nitrogen and oxygen atoms in total. The fourth-order valence-corrected chi connectivity index (χ4v) is 4.73. The molecule has 0 saturated carbocycles. The molecule has 1 aliphatic heterocycles. The molecule has 1 aromatic carbocycles. The highest BCUT2D eigenvalue weighted by Gasteiger charge is 2.46. The minimum Gasteiger partial charge on any atom is -0.449 e. The lowest BCUT2D eigenvalue weighted by Crippen LogP contribution is -2.64. The first-order chi connectivity index (χ1) is 17.4. The average Bonchev–Trinajstić information content (AvgIpc) is 3.45. The molecule has 9 heteroatoms. The molecule has 1 N–H and O–H groups in total. The number of hydrogen-bond donors (Lipinski definition) is 1. The smallest absolute Gasteiger partial charge is 0.290 e. The van der Waals surface area contributed by atoms with Gasteiger partial charge in [-0.15, -0.1) is 0 Å². The highest BCUT2D eigenvalue weighted by atomic mass is 19.1. The molecule has 0 radical (unpaired) electrons. The number of H-pyrrole nitrogens is 1. The van der Waals surface area contributed by atoms with E-state index in [0.717, 1.165) is 16.8 Å². The Balaban J connectivity index is 1.52. The normalized spacial score (nSPS) is 16.0. The molecule has 0 unspecified atom stereocenters. The monoisotopic (exact) mass is 503 g/mol. The molecule has 4 aromatic rings. The molecular formula is C28H30FN5O3. The molecule has 2 amide bonds. The van der Waals surface area contributed by atoms with Gasteiger partial charge in [-0.05, 0) is 56.5 Å². The van der Waals surface area contributed by atoms with Gasteiger partial charge < -0.3 is 9.32 Å². The Morgan fingerprint density at radius 1 is 1.11 bits per heavy atom. The molecule has 37 heavy (non-hydrogen) atoms. The van der Waals surface area contributed by atoms with Crippen LogP contribution in [0.15, 0.2) is 46.9 Å². The minimum atomic E-state index is -1.11. The predicted octanol–water partition coefficient (Wildman–Crippen LogP) is 5.23. The number of nitrogens with zero attached hydrogens (tertiary/aromatic N) is 4. The van der Waals surface area contributed by atoms with Crippen molar-refractivity contribution in [3.63, 3.8) is 0 Å². The number of anilines is 1. The molecule has 4 heterocycles. The van der Waals surface area contributed by atoms with Crippen LogP contribution in [0.5, 0.6) is 0 Å². The molecule has 0 bridgehead atoms. The lowest BCUT2D eigenvalue weighted by Gasteiger charge is -2.44. The van der Waals surface area contributed by atoms with Gasteiger partial charge in [0.25, 0.3) is 11.8 Å². The number of halogens is 1. The number of aromatic amines is 1. The Bertz CT molecular complexity index is 1510. The number of carbonyl (C=O) groups is 2. The summed E-state index contributed by atoms with van der Waals surface area (Å²) < 4.78 is 19.6. The number of nitrogens with one attached hydrogen (secondary N) is 1. The van der Waals surface area contributed by atoms with Crippen LogP contribution in [0.25, 0.3) is 22.4 Å². The Morgan fingerprint density at radius 3 is 2.43 bits per heavy atom. The zero-order valence-electron chi connectivity index (χ0n) is 21.8. The fourth-order valence-electron chi connectivity index (χ4n) is 4.73. The average molecular weight is 504 g/mol. The number of benzene rings is 1. The first-order valence-electron chi connectivity index (χ1n) is 12.2. The van der Waals surface area contributed by atoms with Crippen LogP contribution >= 0.6 is 0 Å². The molecule has 1 aliphatic rings. The van der Waals surface area contributed by atoms with Gasteiger partial charge in [-0.1, -0.05) is 20.8 Å². The van der Waals surface area contributed by atoms with Crippen LogP contribution in [0.3, 0.4) is 0 Å². The maximum absolute atomic E-state index is 13.7. The highest BCUT2D eigenvalue weighted by molar-refractivity contribution is 6.05. The van der Waals surface area contributed by atoms with Crippen molar-refractivity contribution in [1.29, 1.82) is 0 Å². The Hall–Kier alpha value is -4.01. The quantitative estimate of drug-likeness (QED) is 0.413. The lowest BCUT2D eigenvalue weighted by molar-refractivity contribution is -0.129. The van der Waals surface area contributed by atoms with Gasteiger partial charge in [-0.25, -0.2) is 9.37 Å². The SMILES string of the molecule is Cc1cc(N2CCN(C(=O)c3cc4nc(-c5ccc(F)cc5)cc(C(C)(C)C)c4o3)C(C)(C)C2=O)n[nH]1. The van der Waals surface area contributed by atoms with E-state index >= 15 is 0 Å². The van der Waals surface area contributed by atoms with Crippen molar-refractivity contribution in [2.45, 2.75) is 52.5 Å². The van der Waals surface area contributed by atoms with Crippen molar-refractivity contribution in [3.8, 4) is 11.3 Å². The van der Waals surface area contributed by atoms with Crippen molar-refractivity contribution in [3.05, 3.63) is 65.3 Å². The van der Waals surface area contributed by atoms with E-state index in [2.05, 4.69) is 31.0 Å². The highest BCUT2D eigenvalue weighted by Crippen LogP contribution is 2.36. The number of aromatic nitrogens is 3.